The van der Waals surface area contributed by atoms with Gasteiger partial charge < -0.3 is 5.73 Å². The minimum atomic E-state index is -0.0980. The first-order valence-corrected chi connectivity index (χ1v) is 3.72. The lowest BCUT2D eigenvalue weighted by molar-refractivity contribution is 0.650. The molecule has 4 heteroatoms. The van der Waals surface area contributed by atoms with Crippen LogP contribution < -0.4 is 11.3 Å². The number of hydrogen-bond acceptors (Lipinski definition) is 3. The summed E-state index contributed by atoms with van der Waals surface area (Å²) >= 11 is 0. The fraction of sp³-hybridized carbons (Fsp3) is 0.250. The second-order valence-corrected chi connectivity index (χ2v) is 2.25. The van der Waals surface area contributed by atoms with Crippen LogP contribution in [0.15, 0.2) is 35.3 Å². The van der Waals surface area contributed by atoms with E-state index in [4.69, 9.17) is 5.73 Å². The monoisotopic (exact) mass is 165 g/mol. The van der Waals surface area contributed by atoms with Crippen LogP contribution in [0.5, 0.6) is 0 Å². The highest BCUT2D eigenvalue weighted by Crippen LogP contribution is 1.78. The predicted molar refractivity (Wildman–Crippen MR) is 46.7 cm³/mol. The van der Waals surface area contributed by atoms with Crippen LogP contribution in [0.1, 0.15) is 0 Å². The maximum Gasteiger partial charge on any atom is 0.267 e. The number of nitrogens with zero attached hydrogens (tertiary/aromatic N) is 2. The van der Waals surface area contributed by atoms with E-state index in [1.807, 2.05) is 6.08 Å². The quantitative estimate of drug-likeness (QED) is 0.629. The first kappa shape index (κ1) is 8.67. The summed E-state index contributed by atoms with van der Waals surface area (Å²) in [4.78, 5) is 11.0. The molecule has 0 spiro atoms. The van der Waals surface area contributed by atoms with Crippen molar-refractivity contribution >= 4 is 0 Å². The van der Waals surface area contributed by atoms with Gasteiger partial charge in [-0.25, -0.2) is 4.68 Å². The molecule has 4 nitrogen and oxygen atoms in total. The van der Waals surface area contributed by atoms with Crippen molar-refractivity contribution in [1.29, 1.82) is 0 Å². The molecule has 0 unspecified atom stereocenters. The third kappa shape index (κ3) is 2.32. The van der Waals surface area contributed by atoms with E-state index in [1.165, 1.54) is 10.7 Å². The van der Waals surface area contributed by atoms with Crippen molar-refractivity contribution in [2.75, 3.05) is 6.54 Å². The van der Waals surface area contributed by atoms with Gasteiger partial charge >= 0.3 is 0 Å². The van der Waals surface area contributed by atoms with Gasteiger partial charge in [-0.15, -0.1) is 0 Å². The lowest BCUT2D eigenvalue weighted by Crippen LogP contribution is -2.20. The van der Waals surface area contributed by atoms with E-state index < -0.39 is 0 Å². The fourth-order valence-corrected chi connectivity index (χ4v) is 0.795. The number of hydrogen-bond donors (Lipinski definition) is 1. The summed E-state index contributed by atoms with van der Waals surface area (Å²) in [6, 6.07) is 3.09. The summed E-state index contributed by atoms with van der Waals surface area (Å²) in [5, 5.41) is 3.86. The van der Waals surface area contributed by atoms with Crippen molar-refractivity contribution in [2.24, 2.45) is 5.73 Å². The molecule has 0 aliphatic carbocycles. The Kier molecular flexibility index (Phi) is 3.22. The van der Waals surface area contributed by atoms with Crippen molar-refractivity contribution < 1.29 is 0 Å². The second-order valence-electron chi connectivity index (χ2n) is 2.25. The lowest BCUT2D eigenvalue weighted by Gasteiger charge is -1.96. The summed E-state index contributed by atoms with van der Waals surface area (Å²) < 4.78 is 1.37. The Labute approximate surface area is 70.3 Å². The van der Waals surface area contributed by atoms with Gasteiger partial charge in [-0.05, 0) is 6.07 Å². The zero-order chi connectivity index (χ0) is 8.81. The molecule has 1 aromatic heterocycles. The Morgan fingerprint density at radius 1 is 1.58 bits per heavy atom. The molecule has 1 rings (SSSR count). The molecule has 0 aliphatic rings. The van der Waals surface area contributed by atoms with Crippen molar-refractivity contribution in [1.82, 2.24) is 9.78 Å². The predicted octanol–water partition coefficient (Wildman–Crippen LogP) is -0.242. The average molecular weight is 165 g/mol. The molecule has 0 amide bonds. The highest BCUT2D eigenvalue weighted by molar-refractivity contribution is 4.88. The molecular weight excluding hydrogens is 154 g/mol. The summed E-state index contributed by atoms with van der Waals surface area (Å²) in [5.74, 6) is 0. The SMILES string of the molecule is NCC=CCn1ncccc1=O. The molecule has 0 saturated heterocycles. The molecule has 0 aliphatic heterocycles. The Balaban J connectivity index is 2.70. The van der Waals surface area contributed by atoms with Crippen LogP contribution in [0.25, 0.3) is 0 Å². The zero-order valence-corrected chi connectivity index (χ0v) is 6.68. The van der Waals surface area contributed by atoms with Gasteiger partial charge in [0.1, 0.15) is 0 Å². The van der Waals surface area contributed by atoms with Gasteiger partial charge in [0, 0.05) is 18.8 Å². The van der Waals surface area contributed by atoms with Gasteiger partial charge in [-0.1, -0.05) is 12.2 Å². The Hall–Kier alpha value is -1.42. The summed E-state index contributed by atoms with van der Waals surface area (Å²) in [5.41, 5.74) is 5.14. The third-order valence-electron chi connectivity index (χ3n) is 1.37. The van der Waals surface area contributed by atoms with E-state index in [9.17, 15) is 4.79 Å². The molecule has 0 fully saturated rings. The van der Waals surface area contributed by atoms with Gasteiger partial charge in [0.05, 0.1) is 6.54 Å². The molecule has 64 valence electrons. The molecule has 12 heavy (non-hydrogen) atoms. The molecule has 0 atom stereocenters. The zero-order valence-electron chi connectivity index (χ0n) is 6.68. The lowest BCUT2D eigenvalue weighted by atomic mass is 10.5. The highest BCUT2D eigenvalue weighted by atomic mass is 16.1. The van der Waals surface area contributed by atoms with Gasteiger partial charge in [0.25, 0.3) is 5.56 Å². The maximum absolute atomic E-state index is 11.0. The topological polar surface area (TPSA) is 60.9 Å². The van der Waals surface area contributed by atoms with E-state index >= 15 is 0 Å². The third-order valence-corrected chi connectivity index (χ3v) is 1.37. The maximum atomic E-state index is 11.0. The largest absolute Gasteiger partial charge is 0.327 e. The van der Waals surface area contributed by atoms with Crippen LogP contribution in [0, 0.1) is 0 Å². The van der Waals surface area contributed by atoms with E-state index in [1.54, 1.807) is 18.3 Å². The van der Waals surface area contributed by atoms with E-state index in [-0.39, 0.29) is 5.56 Å². The number of rotatable bonds is 3. The van der Waals surface area contributed by atoms with E-state index in [0.29, 0.717) is 13.1 Å². The normalized spacial score (nSPS) is 10.8. The summed E-state index contributed by atoms with van der Waals surface area (Å²) in [6.45, 7) is 0.971. The minimum absolute atomic E-state index is 0.0980. The van der Waals surface area contributed by atoms with Gasteiger partial charge in [0.2, 0.25) is 0 Å². The molecule has 1 aromatic rings. The van der Waals surface area contributed by atoms with Crippen LogP contribution in [-0.2, 0) is 6.54 Å². The number of nitrogens with two attached hydrogens (primary N) is 1. The number of allylic oxidation sites excluding steroid dienone is 1. The van der Waals surface area contributed by atoms with E-state index in [2.05, 4.69) is 5.10 Å². The van der Waals surface area contributed by atoms with Crippen molar-refractivity contribution in [2.45, 2.75) is 6.54 Å². The smallest absolute Gasteiger partial charge is 0.267 e. The Morgan fingerprint density at radius 2 is 2.42 bits per heavy atom. The van der Waals surface area contributed by atoms with Crippen molar-refractivity contribution in [3.63, 3.8) is 0 Å². The summed E-state index contributed by atoms with van der Waals surface area (Å²) in [7, 11) is 0. The number of aromatic nitrogens is 2. The highest BCUT2D eigenvalue weighted by Gasteiger charge is 1.89. The fourth-order valence-electron chi connectivity index (χ4n) is 0.795. The van der Waals surface area contributed by atoms with Crippen LogP contribution in [0.3, 0.4) is 0 Å². The van der Waals surface area contributed by atoms with Crippen LogP contribution in [0.2, 0.25) is 0 Å². The molecule has 0 radical (unpaired) electrons. The molecular formula is C8H11N3O. The van der Waals surface area contributed by atoms with Gasteiger partial charge in [-0.2, -0.15) is 5.10 Å². The first-order valence-electron chi connectivity index (χ1n) is 3.72. The van der Waals surface area contributed by atoms with Crippen LogP contribution >= 0.6 is 0 Å². The van der Waals surface area contributed by atoms with Gasteiger partial charge in [-0.3, -0.25) is 4.79 Å². The molecule has 0 aromatic carbocycles. The Morgan fingerprint density at radius 3 is 3.08 bits per heavy atom. The van der Waals surface area contributed by atoms with Crippen molar-refractivity contribution in [3.05, 3.63) is 40.8 Å². The van der Waals surface area contributed by atoms with Crippen LogP contribution in [0.4, 0.5) is 0 Å². The average Bonchev–Trinajstić information content (AvgIpc) is 2.09. The van der Waals surface area contributed by atoms with Crippen molar-refractivity contribution in [3.8, 4) is 0 Å². The van der Waals surface area contributed by atoms with Gasteiger partial charge in [0.15, 0.2) is 0 Å². The molecule has 0 saturated carbocycles. The molecule has 1 heterocycles. The first-order chi connectivity index (χ1) is 5.84. The van der Waals surface area contributed by atoms with Crippen LogP contribution in [-0.4, -0.2) is 16.3 Å². The second kappa shape index (κ2) is 4.46. The molecule has 2 N–H and O–H groups in total. The minimum Gasteiger partial charge on any atom is -0.327 e. The standard InChI is InChI=1S/C8H11N3O/c9-5-1-2-7-11-8(12)4-3-6-10-11/h1-4,6H,5,7,9H2. The summed E-state index contributed by atoms with van der Waals surface area (Å²) in [6.07, 6.45) is 5.19. The molecule has 0 bridgehead atoms. The Bertz CT molecular complexity index is 316. The van der Waals surface area contributed by atoms with E-state index in [0.717, 1.165) is 0 Å².